The molecule has 0 bridgehead atoms. The summed E-state index contributed by atoms with van der Waals surface area (Å²) in [6, 6.07) is 14.2. The minimum Gasteiger partial charge on any atom is -0.340 e. The zero-order valence-corrected chi connectivity index (χ0v) is 16.9. The number of thiophene rings is 1. The summed E-state index contributed by atoms with van der Waals surface area (Å²) in [5, 5.41) is 10.4. The average Bonchev–Trinajstić information content (AvgIpc) is 3.36. The smallest absolute Gasteiger partial charge is 0.253 e. The van der Waals surface area contributed by atoms with Gasteiger partial charge in [-0.05, 0) is 43.8 Å². The van der Waals surface area contributed by atoms with Crippen LogP contribution in [0.15, 0.2) is 60.2 Å². The Balaban J connectivity index is 1.64. The van der Waals surface area contributed by atoms with Crippen LogP contribution in [0.25, 0.3) is 11.0 Å². The van der Waals surface area contributed by atoms with Gasteiger partial charge in [0.05, 0.1) is 17.8 Å². The molecule has 0 saturated carbocycles. The van der Waals surface area contributed by atoms with Crippen LogP contribution in [0.2, 0.25) is 0 Å². The number of carbonyl (C=O) groups excluding carboxylic acids is 1. The highest BCUT2D eigenvalue weighted by Gasteiger charge is 2.20. The summed E-state index contributed by atoms with van der Waals surface area (Å²) in [5.74, 6) is -0.148. The Morgan fingerprint density at radius 3 is 2.61 bits per heavy atom. The van der Waals surface area contributed by atoms with Gasteiger partial charge in [0.25, 0.3) is 5.91 Å². The van der Waals surface area contributed by atoms with Gasteiger partial charge in [-0.1, -0.05) is 35.9 Å². The Labute approximate surface area is 168 Å². The number of nitrogens with one attached hydrogen (secondary N) is 1. The second-order valence-electron chi connectivity index (χ2n) is 7.15. The summed E-state index contributed by atoms with van der Waals surface area (Å²) in [7, 11) is 0. The molecule has 4 rings (SSSR count). The molecule has 1 unspecified atom stereocenters. The molecule has 28 heavy (non-hydrogen) atoms. The molecule has 6 heteroatoms. The van der Waals surface area contributed by atoms with Crippen molar-refractivity contribution in [1.29, 1.82) is 0 Å². The maximum absolute atomic E-state index is 13.0. The summed E-state index contributed by atoms with van der Waals surface area (Å²) >= 11 is 1.63. The van der Waals surface area contributed by atoms with Crippen LogP contribution < -0.4 is 5.32 Å². The number of amides is 1. The molecule has 0 aliphatic carbocycles. The van der Waals surface area contributed by atoms with Gasteiger partial charge in [0.1, 0.15) is 0 Å². The minimum atomic E-state index is -0.192. The standard InChI is InChI=1S/C22H22N4OS/c1-14(2)26-21-17(13-24-26)11-18(12-23-21)22(27)25-20(19-5-4-10-28-19)16-8-6-15(3)7-9-16/h4-14,20H,1-3H3,(H,25,27). The second kappa shape index (κ2) is 7.56. The molecule has 0 spiro atoms. The fraction of sp³-hybridized carbons (Fsp3) is 0.227. The fourth-order valence-electron chi connectivity index (χ4n) is 3.19. The molecule has 0 radical (unpaired) electrons. The van der Waals surface area contributed by atoms with Gasteiger partial charge in [0.15, 0.2) is 5.65 Å². The first-order chi connectivity index (χ1) is 13.5. The number of fused-ring (bicyclic) bond motifs is 1. The highest BCUT2D eigenvalue weighted by atomic mass is 32.1. The topological polar surface area (TPSA) is 59.8 Å². The van der Waals surface area contributed by atoms with Crippen LogP contribution in [0.3, 0.4) is 0 Å². The largest absolute Gasteiger partial charge is 0.340 e. The van der Waals surface area contributed by atoms with Crippen LogP contribution in [-0.4, -0.2) is 20.7 Å². The van der Waals surface area contributed by atoms with E-state index in [2.05, 4.69) is 60.4 Å². The summed E-state index contributed by atoms with van der Waals surface area (Å²) in [5.41, 5.74) is 3.57. The van der Waals surface area contributed by atoms with Crippen LogP contribution in [0.1, 0.15) is 52.3 Å². The number of benzene rings is 1. The monoisotopic (exact) mass is 390 g/mol. The van der Waals surface area contributed by atoms with E-state index in [0.29, 0.717) is 5.56 Å². The van der Waals surface area contributed by atoms with Crippen molar-refractivity contribution in [2.75, 3.05) is 0 Å². The average molecular weight is 391 g/mol. The van der Waals surface area contributed by atoms with Crippen molar-refractivity contribution >= 4 is 28.3 Å². The first-order valence-electron chi connectivity index (χ1n) is 9.27. The molecule has 0 saturated heterocycles. The summed E-state index contributed by atoms with van der Waals surface area (Å²) in [6.07, 6.45) is 3.38. The quantitative estimate of drug-likeness (QED) is 0.527. The normalized spacial score (nSPS) is 12.4. The van der Waals surface area contributed by atoms with Gasteiger partial charge < -0.3 is 5.32 Å². The number of aryl methyl sites for hydroxylation is 1. The van der Waals surface area contributed by atoms with E-state index in [1.807, 2.05) is 28.3 Å². The van der Waals surface area contributed by atoms with Crippen molar-refractivity contribution < 1.29 is 4.79 Å². The molecule has 0 aliphatic rings. The molecule has 0 fully saturated rings. The van der Waals surface area contributed by atoms with Crippen molar-refractivity contribution in [3.63, 3.8) is 0 Å². The highest BCUT2D eigenvalue weighted by Crippen LogP contribution is 2.27. The Morgan fingerprint density at radius 1 is 1.14 bits per heavy atom. The molecule has 0 aliphatic heterocycles. The molecular formula is C22H22N4OS. The Morgan fingerprint density at radius 2 is 1.93 bits per heavy atom. The van der Waals surface area contributed by atoms with Gasteiger partial charge in [0, 0.05) is 22.5 Å². The number of aromatic nitrogens is 3. The lowest BCUT2D eigenvalue weighted by molar-refractivity contribution is 0.0943. The number of hydrogen-bond acceptors (Lipinski definition) is 4. The molecular weight excluding hydrogens is 368 g/mol. The van der Waals surface area contributed by atoms with E-state index in [1.165, 1.54) is 5.56 Å². The lowest BCUT2D eigenvalue weighted by Gasteiger charge is -2.18. The third-order valence-electron chi connectivity index (χ3n) is 4.70. The maximum atomic E-state index is 13.0. The lowest BCUT2D eigenvalue weighted by atomic mass is 10.0. The molecule has 1 atom stereocenters. The SMILES string of the molecule is Cc1ccc(C(NC(=O)c2cnc3c(cnn3C(C)C)c2)c2cccs2)cc1. The fourth-order valence-corrected chi connectivity index (χ4v) is 3.99. The lowest BCUT2D eigenvalue weighted by Crippen LogP contribution is -2.29. The van der Waals surface area contributed by atoms with Crippen molar-refractivity contribution in [2.24, 2.45) is 0 Å². The van der Waals surface area contributed by atoms with Crippen LogP contribution in [-0.2, 0) is 0 Å². The Bertz CT molecular complexity index is 1100. The molecule has 1 amide bonds. The zero-order chi connectivity index (χ0) is 19.7. The third kappa shape index (κ3) is 3.55. The molecule has 3 aromatic heterocycles. The van der Waals surface area contributed by atoms with Crippen molar-refractivity contribution in [1.82, 2.24) is 20.1 Å². The van der Waals surface area contributed by atoms with Gasteiger partial charge in [-0.3, -0.25) is 4.79 Å². The maximum Gasteiger partial charge on any atom is 0.253 e. The van der Waals surface area contributed by atoms with Gasteiger partial charge in [-0.15, -0.1) is 11.3 Å². The third-order valence-corrected chi connectivity index (χ3v) is 5.64. The van der Waals surface area contributed by atoms with E-state index < -0.39 is 0 Å². The van der Waals surface area contributed by atoms with Crippen LogP contribution >= 0.6 is 11.3 Å². The van der Waals surface area contributed by atoms with Gasteiger partial charge >= 0.3 is 0 Å². The first-order valence-corrected chi connectivity index (χ1v) is 10.1. The highest BCUT2D eigenvalue weighted by molar-refractivity contribution is 7.10. The van der Waals surface area contributed by atoms with E-state index in [1.54, 1.807) is 23.7 Å². The first kappa shape index (κ1) is 18.4. The number of nitrogens with zero attached hydrogens (tertiary/aromatic N) is 3. The molecule has 142 valence electrons. The Kier molecular flexibility index (Phi) is 4.96. The zero-order valence-electron chi connectivity index (χ0n) is 16.1. The van der Waals surface area contributed by atoms with Gasteiger partial charge in [-0.2, -0.15) is 5.10 Å². The van der Waals surface area contributed by atoms with Gasteiger partial charge in [0.2, 0.25) is 0 Å². The number of rotatable bonds is 5. The Hall–Kier alpha value is -2.99. The number of carbonyl (C=O) groups is 1. The van der Waals surface area contributed by atoms with E-state index in [9.17, 15) is 4.79 Å². The van der Waals surface area contributed by atoms with Crippen molar-refractivity contribution in [2.45, 2.75) is 32.9 Å². The molecule has 4 aromatic rings. The summed E-state index contributed by atoms with van der Waals surface area (Å²) < 4.78 is 1.86. The minimum absolute atomic E-state index is 0.148. The van der Waals surface area contributed by atoms with Crippen molar-refractivity contribution in [3.05, 3.63) is 81.8 Å². The number of hydrogen-bond donors (Lipinski definition) is 1. The molecule has 5 nitrogen and oxygen atoms in total. The molecule has 1 aromatic carbocycles. The van der Waals surface area contributed by atoms with E-state index in [0.717, 1.165) is 21.5 Å². The van der Waals surface area contributed by atoms with E-state index >= 15 is 0 Å². The molecule has 1 N–H and O–H groups in total. The van der Waals surface area contributed by atoms with E-state index in [4.69, 9.17) is 0 Å². The predicted octanol–water partition coefficient (Wildman–Crippen LogP) is 4.90. The van der Waals surface area contributed by atoms with E-state index in [-0.39, 0.29) is 18.0 Å². The summed E-state index contributed by atoms with van der Waals surface area (Å²) in [4.78, 5) is 18.6. The van der Waals surface area contributed by atoms with Crippen LogP contribution in [0.5, 0.6) is 0 Å². The van der Waals surface area contributed by atoms with Crippen LogP contribution in [0, 0.1) is 6.92 Å². The predicted molar refractivity (Wildman–Crippen MR) is 113 cm³/mol. The second-order valence-corrected chi connectivity index (χ2v) is 8.13. The van der Waals surface area contributed by atoms with Gasteiger partial charge in [-0.25, -0.2) is 9.67 Å². The number of pyridine rings is 1. The van der Waals surface area contributed by atoms with Crippen molar-refractivity contribution in [3.8, 4) is 0 Å². The summed E-state index contributed by atoms with van der Waals surface area (Å²) in [6.45, 7) is 6.17. The van der Waals surface area contributed by atoms with Crippen LogP contribution in [0.4, 0.5) is 0 Å². The molecule has 3 heterocycles.